The van der Waals surface area contributed by atoms with Gasteiger partial charge in [0.1, 0.15) is 5.75 Å². The highest BCUT2D eigenvalue weighted by atomic mass is 35.5. The smallest absolute Gasteiger partial charge is 0.265 e. The first-order valence-electron chi connectivity index (χ1n) is 10.3. The molecule has 0 spiro atoms. The van der Waals surface area contributed by atoms with E-state index in [4.69, 9.17) is 20.8 Å². The molecule has 0 unspecified atom stereocenters. The molecular formula is C23H23ClN4O4. The largest absolute Gasteiger partial charge is 0.482 e. The van der Waals surface area contributed by atoms with E-state index in [9.17, 15) is 9.59 Å². The lowest BCUT2D eigenvalue weighted by atomic mass is 10.2. The molecule has 0 bridgehead atoms. The van der Waals surface area contributed by atoms with Gasteiger partial charge in [-0.05, 0) is 38.1 Å². The number of fused-ring (bicyclic) bond motifs is 1. The van der Waals surface area contributed by atoms with E-state index in [2.05, 4.69) is 10.2 Å². The summed E-state index contributed by atoms with van der Waals surface area (Å²) in [5.74, 6) is 0.966. The van der Waals surface area contributed by atoms with Crippen molar-refractivity contribution in [3.05, 3.63) is 59.4 Å². The van der Waals surface area contributed by atoms with E-state index < -0.39 is 0 Å². The van der Waals surface area contributed by atoms with Gasteiger partial charge in [-0.1, -0.05) is 35.9 Å². The van der Waals surface area contributed by atoms with Crippen molar-refractivity contribution in [1.82, 2.24) is 15.1 Å². The Hall–Kier alpha value is -3.39. The van der Waals surface area contributed by atoms with Crippen molar-refractivity contribution in [3.63, 3.8) is 0 Å². The Morgan fingerprint density at radius 1 is 1.16 bits per heavy atom. The lowest BCUT2D eigenvalue weighted by molar-refractivity contribution is -0.133. The van der Waals surface area contributed by atoms with Gasteiger partial charge in [-0.2, -0.15) is 0 Å². The molecule has 0 saturated heterocycles. The Morgan fingerprint density at radius 2 is 1.91 bits per heavy atom. The summed E-state index contributed by atoms with van der Waals surface area (Å²) in [5, 5.41) is 8.66. The van der Waals surface area contributed by atoms with Crippen LogP contribution in [0.1, 0.15) is 26.2 Å². The highest BCUT2D eigenvalue weighted by Crippen LogP contribution is 2.31. The Kier molecular flexibility index (Phi) is 6.41. The molecule has 0 aliphatic carbocycles. The van der Waals surface area contributed by atoms with E-state index in [1.807, 2.05) is 50.2 Å². The third-order valence-electron chi connectivity index (χ3n) is 5.18. The molecule has 0 saturated carbocycles. The summed E-state index contributed by atoms with van der Waals surface area (Å²) >= 11 is 6.20. The summed E-state index contributed by atoms with van der Waals surface area (Å²) in [6, 6.07) is 14.4. The van der Waals surface area contributed by atoms with E-state index in [-0.39, 0.29) is 44.0 Å². The van der Waals surface area contributed by atoms with Crippen LogP contribution in [0, 0.1) is 0 Å². The molecule has 2 aromatic carbocycles. The van der Waals surface area contributed by atoms with Crippen LogP contribution >= 0.6 is 11.6 Å². The third kappa shape index (κ3) is 4.60. The Labute approximate surface area is 190 Å². The molecule has 1 aliphatic heterocycles. The molecule has 9 heteroatoms. The van der Waals surface area contributed by atoms with Gasteiger partial charge in [0.2, 0.25) is 17.7 Å². The number of hydrogen-bond donors (Lipinski definition) is 0. The first-order chi connectivity index (χ1) is 15.4. The average molecular weight is 455 g/mol. The number of para-hydroxylation sites is 2. The monoisotopic (exact) mass is 454 g/mol. The molecule has 0 fully saturated rings. The third-order valence-corrected chi connectivity index (χ3v) is 5.51. The number of rotatable bonds is 7. The van der Waals surface area contributed by atoms with Gasteiger partial charge in [-0.25, -0.2) is 0 Å². The van der Waals surface area contributed by atoms with Crippen LogP contribution in [0.5, 0.6) is 5.75 Å². The van der Waals surface area contributed by atoms with E-state index >= 15 is 0 Å². The fourth-order valence-corrected chi connectivity index (χ4v) is 3.73. The minimum absolute atomic E-state index is 0.0358. The van der Waals surface area contributed by atoms with Gasteiger partial charge in [-0.3, -0.25) is 9.59 Å². The van der Waals surface area contributed by atoms with E-state index in [0.717, 1.165) is 0 Å². The van der Waals surface area contributed by atoms with Crippen molar-refractivity contribution in [2.75, 3.05) is 18.1 Å². The van der Waals surface area contributed by atoms with Crippen LogP contribution in [0.25, 0.3) is 11.5 Å². The molecule has 3 aromatic rings. The van der Waals surface area contributed by atoms with Gasteiger partial charge in [0.15, 0.2) is 6.61 Å². The van der Waals surface area contributed by atoms with Crippen molar-refractivity contribution in [2.24, 2.45) is 0 Å². The Balaban J connectivity index is 1.44. The zero-order valence-electron chi connectivity index (χ0n) is 17.8. The van der Waals surface area contributed by atoms with Crippen LogP contribution in [0.4, 0.5) is 5.69 Å². The average Bonchev–Trinajstić information content (AvgIpc) is 3.25. The Bertz CT molecular complexity index is 1130. The first-order valence-corrected chi connectivity index (χ1v) is 10.7. The number of carbonyl (C=O) groups excluding carboxylic acids is 2. The molecule has 4 rings (SSSR count). The number of anilines is 1. The summed E-state index contributed by atoms with van der Waals surface area (Å²) in [4.78, 5) is 28.6. The quantitative estimate of drug-likeness (QED) is 0.537. The maximum atomic E-state index is 13.0. The zero-order chi connectivity index (χ0) is 22.7. The second kappa shape index (κ2) is 9.40. The number of amides is 2. The molecular weight excluding hydrogens is 432 g/mol. The molecule has 0 radical (unpaired) electrons. The summed E-state index contributed by atoms with van der Waals surface area (Å²) in [7, 11) is 0. The van der Waals surface area contributed by atoms with Gasteiger partial charge in [0.05, 0.1) is 22.8 Å². The van der Waals surface area contributed by atoms with Crippen LogP contribution in [0.2, 0.25) is 5.02 Å². The first kappa shape index (κ1) is 21.8. The number of halogens is 1. The van der Waals surface area contributed by atoms with Crippen molar-refractivity contribution in [1.29, 1.82) is 0 Å². The fraction of sp³-hybridized carbons (Fsp3) is 0.304. The van der Waals surface area contributed by atoms with Crippen molar-refractivity contribution < 1.29 is 18.7 Å². The van der Waals surface area contributed by atoms with Crippen molar-refractivity contribution >= 4 is 29.1 Å². The van der Waals surface area contributed by atoms with Gasteiger partial charge in [-0.15, -0.1) is 10.2 Å². The number of benzene rings is 2. The van der Waals surface area contributed by atoms with Crippen LogP contribution in [0.3, 0.4) is 0 Å². The summed E-state index contributed by atoms with van der Waals surface area (Å²) in [6.07, 6.45) is 0.157. The molecule has 0 N–H and O–H groups in total. The van der Waals surface area contributed by atoms with Gasteiger partial charge in [0, 0.05) is 19.0 Å². The van der Waals surface area contributed by atoms with Gasteiger partial charge < -0.3 is 19.0 Å². The number of hydrogen-bond acceptors (Lipinski definition) is 6. The van der Waals surface area contributed by atoms with E-state index in [0.29, 0.717) is 33.8 Å². The summed E-state index contributed by atoms with van der Waals surface area (Å²) in [5.41, 5.74) is 1.31. The second-order valence-electron chi connectivity index (χ2n) is 7.65. The van der Waals surface area contributed by atoms with Gasteiger partial charge in [0.25, 0.3) is 5.91 Å². The topological polar surface area (TPSA) is 88.8 Å². The number of ether oxygens (including phenoxy) is 1. The maximum absolute atomic E-state index is 13.0. The SMILES string of the molecule is CC(C)N(Cc1nnc(-c2ccccc2Cl)o1)C(=O)CCN1C(=O)COc2ccccc21. The number of aromatic nitrogens is 2. The number of nitrogens with zero attached hydrogens (tertiary/aromatic N) is 4. The Morgan fingerprint density at radius 3 is 2.69 bits per heavy atom. The number of carbonyl (C=O) groups is 2. The predicted octanol–water partition coefficient (Wildman–Crippen LogP) is 3.94. The maximum Gasteiger partial charge on any atom is 0.265 e. The van der Waals surface area contributed by atoms with Crippen molar-refractivity contribution in [2.45, 2.75) is 32.9 Å². The molecule has 32 heavy (non-hydrogen) atoms. The molecule has 166 valence electrons. The summed E-state index contributed by atoms with van der Waals surface area (Å²) in [6.45, 7) is 4.22. The standard InChI is InChI=1S/C23H23ClN4O4/c1-15(2)28(13-20-25-26-23(32-20)16-7-3-4-8-17(16)24)21(29)11-12-27-18-9-5-6-10-19(18)31-14-22(27)30/h3-10,15H,11-14H2,1-2H3. The molecule has 1 aliphatic rings. The van der Waals surface area contributed by atoms with Crippen LogP contribution in [-0.2, 0) is 16.1 Å². The predicted molar refractivity (Wildman–Crippen MR) is 119 cm³/mol. The minimum atomic E-state index is -0.172. The minimum Gasteiger partial charge on any atom is -0.482 e. The molecule has 0 atom stereocenters. The highest BCUT2D eigenvalue weighted by molar-refractivity contribution is 6.33. The fourth-order valence-electron chi connectivity index (χ4n) is 3.52. The lowest BCUT2D eigenvalue weighted by Gasteiger charge is -2.30. The molecule has 2 amide bonds. The van der Waals surface area contributed by atoms with E-state index in [1.54, 1.807) is 21.9 Å². The van der Waals surface area contributed by atoms with Crippen LogP contribution < -0.4 is 9.64 Å². The molecule has 8 nitrogen and oxygen atoms in total. The second-order valence-corrected chi connectivity index (χ2v) is 8.06. The summed E-state index contributed by atoms with van der Waals surface area (Å²) < 4.78 is 11.2. The van der Waals surface area contributed by atoms with Gasteiger partial charge >= 0.3 is 0 Å². The van der Waals surface area contributed by atoms with Crippen molar-refractivity contribution in [3.8, 4) is 17.2 Å². The molecule has 2 heterocycles. The lowest BCUT2D eigenvalue weighted by Crippen LogP contribution is -2.43. The normalized spacial score (nSPS) is 13.1. The van der Waals surface area contributed by atoms with Crippen LogP contribution in [-0.4, -0.2) is 46.1 Å². The van der Waals surface area contributed by atoms with E-state index in [1.165, 1.54) is 0 Å². The van der Waals surface area contributed by atoms with Crippen LogP contribution in [0.15, 0.2) is 52.9 Å². The zero-order valence-corrected chi connectivity index (χ0v) is 18.6. The molecule has 1 aromatic heterocycles. The highest BCUT2D eigenvalue weighted by Gasteiger charge is 2.27.